The molecular formula is C14H18N4O3. The molecule has 1 aromatic carbocycles. The molecule has 0 aliphatic heterocycles. The summed E-state index contributed by atoms with van der Waals surface area (Å²) >= 11 is 0. The fourth-order valence-electron chi connectivity index (χ4n) is 1.75. The molecule has 21 heavy (non-hydrogen) atoms. The molecule has 0 radical (unpaired) electrons. The maximum Gasteiger partial charge on any atom is 0.324 e. The number of ether oxygens (including phenoxy) is 3. The van der Waals surface area contributed by atoms with Gasteiger partial charge in [0.05, 0.1) is 21.3 Å². The molecule has 0 bridgehead atoms. The molecule has 1 heterocycles. The fraction of sp³-hybridized carbons (Fsp3) is 0.357. The molecule has 0 saturated heterocycles. The molecule has 1 aromatic heterocycles. The highest BCUT2D eigenvalue weighted by Crippen LogP contribution is 2.14. The first-order valence-corrected chi connectivity index (χ1v) is 6.46. The molecule has 0 amide bonds. The predicted molar refractivity (Wildman–Crippen MR) is 78.1 cm³/mol. The van der Waals surface area contributed by atoms with E-state index in [2.05, 4.69) is 20.3 Å². The van der Waals surface area contributed by atoms with Gasteiger partial charge in [0.25, 0.3) is 0 Å². The highest BCUT2D eigenvalue weighted by molar-refractivity contribution is 5.31. The lowest BCUT2D eigenvalue weighted by Crippen LogP contribution is -2.10. The zero-order valence-electron chi connectivity index (χ0n) is 12.3. The van der Waals surface area contributed by atoms with Crippen molar-refractivity contribution < 1.29 is 14.2 Å². The van der Waals surface area contributed by atoms with Gasteiger partial charge >= 0.3 is 12.0 Å². The molecule has 0 aliphatic rings. The van der Waals surface area contributed by atoms with Gasteiger partial charge in [0.2, 0.25) is 5.95 Å². The molecule has 0 atom stereocenters. The van der Waals surface area contributed by atoms with Gasteiger partial charge in [-0.3, -0.25) is 0 Å². The Kier molecular flexibility index (Phi) is 5.14. The number of aromatic nitrogens is 3. The highest BCUT2D eigenvalue weighted by Gasteiger charge is 2.06. The first-order valence-electron chi connectivity index (χ1n) is 6.46. The maximum absolute atomic E-state index is 5.19. The number of nitrogens with one attached hydrogen (secondary N) is 1. The van der Waals surface area contributed by atoms with E-state index < -0.39 is 0 Å². The Hall–Kier alpha value is -2.57. The summed E-state index contributed by atoms with van der Waals surface area (Å²) in [6.45, 7) is 0.670. The lowest BCUT2D eigenvalue weighted by molar-refractivity contribution is 0.341. The number of methoxy groups -OCH3 is 3. The van der Waals surface area contributed by atoms with Crippen LogP contribution in [0, 0.1) is 0 Å². The van der Waals surface area contributed by atoms with Crippen LogP contribution in [0.25, 0.3) is 0 Å². The molecule has 0 saturated carbocycles. The van der Waals surface area contributed by atoms with Crippen molar-refractivity contribution >= 4 is 5.95 Å². The van der Waals surface area contributed by atoms with Crippen molar-refractivity contribution in [1.29, 1.82) is 0 Å². The average Bonchev–Trinajstić information content (AvgIpc) is 2.54. The molecule has 0 spiro atoms. The monoisotopic (exact) mass is 290 g/mol. The van der Waals surface area contributed by atoms with Crippen LogP contribution in [0.15, 0.2) is 24.3 Å². The van der Waals surface area contributed by atoms with Crippen LogP contribution in [0.1, 0.15) is 5.56 Å². The second-order valence-corrected chi connectivity index (χ2v) is 4.16. The second-order valence-electron chi connectivity index (χ2n) is 4.16. The van der Waals surface area contributed by atoms with Gasteiger partial charge in [-0.1, -0.05) is 12.1 Å². The molecule has 112 valence electrons. The number of benzene rings is 1. The second kappa shape index (κ2) is 7.28. The third kappa shape index (κ3) is 4.20. The number of hydrogen-bond donors (Lipinski definition) is 1. The lowest BCUT2D eigenvalue weighted by atomic mass is 10.1. The Bertz CT molecular complexity index is 570. The Morgan fingerprint density at radius 1 is 0.952 bits per heavy atom. The summed E-state index contributed by atoms with van der Waals surface area (Å²) in [4.78, 5) is 12.1. The topological polar surface area (TPSA) is 78.4 Å². The van der Waals surface area contributed by atoms with Crippen molar-refractivity contribution in [3.8, 4) is 17.8 Å². The summed E-state index contributed by atoms with van der Waals surface area (Å²) in [7, 11) is 4.64. The van der Waals surface area contributed by atoms with Gasteiger partial charge in [-0.05, 0) is 24.1 Å². The van der Waals surface area contributed by atoms with E-state index in [1.807, 2.05) is 24.3 Å². The summed E-state index contributed by atoms with van der Waals surface area (Å²) in [5.74, 6) is 1.26. The van der Waals surface area contributed by atoms with Crippen molar-refractivity contribution in [2.24, 2.45) is 0 Å². The van der Waals surface area contributed by atoms with Gasteiger partial charge in [-0.15, -0.1) is 4.98 Å². The quantitative estimate of drug-likeness (QED) is 0.828. The van der Waals surface area contributed by atoms with E-state index in [1.54, 1.807) is 7.11 Å². The van der Waals surface area contributed by atoms with Gasteiger partial charge in [0.15, 0.2) is 0 Å². The van der Waals surface area contributed by atoms with Crippen LogP contribution in [0.5, 0.6) is 17.8 Å². The summed E-state index contributed by atoms with van der Waals surface area (Å²) in [6, 6.07) is 8.34. The Labute approximate surface area is 123 Å². The zero-order chi connectivity index (χ0) is 15.1. The van der Waals surface area contributed by atoms with Gasteiger partial charge < -0.3 is 19.5 Å². The minimum absolute atomic E-state index is 0.214. The summed E-state index contributed by atoms with van der Waals surface area (Å²) in [6.07, 6.45) is 0.813. The van der Waals surface area contributed by atoms with Gasteiger partial charge in [-0.2, -0.15) is 9.97 Å². The molecule has 1 N–H and O–H groups in total. The molecule has 7 heteroatoms. The minimum Gasteiger partial charge on any atom is -0.497 e. The first-order chi connectivity index (χ1) is 10.2. The van der Waals surface area contributed by atoms with Gasteiger partial charge in [-0.25, -0.2) is 0 Å². The number of anilines is 1. The van der Waals surface area contributed by atoms with Crippen LogP contribution in [-0.4, -0.2) is 42.8 Å². The van der Waals surface area contributed by atoms with E-state index in [4.69, 9.17) is 14.2 Å². The van der Waals surface area contributed by atoms with Crippen molar-refractivity contribution in [2.45, 2.75) is 6.42 Å². The Morgan fingerprint density at radius 2 is 1.67 bits per heavy atom. The molecule has 0 fully saturated rings. The minimum atomic E-state index is 0.214. The normalized spacial score (nSPS) is 10.0. The Balaban J connectivity index is 1.96. The van der Waals surface area contributed by atoms with E-state index >= 15 is 0 Å². The standard InChI is InChI=1S/C14H18N4O3/c1-19-11-6-4-5-10(9-11)7-8-15-12-16-13(20-2)18-14(17-12)21-3/h4-6,9H,7-8H2,1-3H3,(H,15,16,17,18). The van der Waals surface area contributed by atoms with Crippen molar-refractivity contribution in [1.82, 2.24) is 15.0 Å². The van der Waals surface area contributed by atoms with Crippen LogP contribution < -0.4 is 19.5 Å². The Morgan fingerprint density at radius 3 is 2.29 bits per heavy atom. The average molecular weight is 290 g/mol. The van der Waals surface area contributed by atoms with Gasteiger partial charge in [0, 0.05) is 6.54 Å². The summed E-state index contributed by atoms with van der Waals surface area (Å²) in [5.41, 5.74) is 1.16. The van der Waals surface area contributed by atoms with Crippen molar-refractivity contribution in [2.75, 3.05) is 33.2 Å². The zero-order valence-corrected chi connectivity index (χ0v) is 12.3. The van der Waals surface area contributed by atoms with Crippen LogP contribution in [0.4, 0.5) is 5.95 Å². The van der Waals surface area contributed by atoms with E-state index in [0.717, 1.165) is 17.7 Å². The largest absolute Gasteiger partial charge is 0.497 e. The number of hydrogen-bond acceptors (Lipinski definition) is 7. The fourth-order valence-corrected chi connectivity index (χ4v) is 1.75. The highest BCUT2D eigenvalue weighted by atomic mass is 16.5. The summed E-state index contributed by atoms with van der Waals surface area (Å²) in [5, 5.41) is 3.12. The third-order valence-corrected chi connectivity index (χ3v) is 2.79. The van der Waals surface area contributed by atoms with E-state index in [1.165, 1.54) is 14.2 Å². The van der Waals surface area contributed by atoms with E-state index in [9.17, 15) is 0 Å². The maximum atomic E-state index is 5.19. The molecule has 0 unspecified atom stereocenters. The molecular weight excluding hydrogens is 272 g/mol. The van der Waals surface area contributed by atoms with Crippen molar-refractivity contribution in [3.05, 3.63) is 29.8 Å². The molecule has 0 aliphatic carbocycles. The van der Waals surface area contributed by atoms with E-state index in [-0.39, 0.29) is 12.0 Å². The van der Waals surface area contributed by atoms with Crippen LogP contribution in [0.2, 0.25) is 0 Å². The molecule has 2 aromatic rings. The third-order valence-electron chi connectivity index (χ3n) is 2.79. The summed E-state index contributed by atoms with van der Waals surface area (Å²) < 4.78 is 15.2. The SMILES string of the molecule is COc1cccc(CCNc2nc(OC)nc(OC)n2)c1. The predicted octanol–water partition coefficient (Wildman–Crippen LogP) is 1.55. The number of nitrogens with zero attached hydrogens (tertiary/aromatic N) is 3. The van der Waals surface area contributed by atoms with Crippen molar-refractivity contribution in [3.63, 3.8) is 0 Å². The van der Waals surface area contributed by atoms with Crippen LogP contribution in [-0.2, 0) is 6.42 Å². The first kappa shape index (κ1) is 14.8. The van der Waals surface area contributed by atoms with Crippen LogP contribution >= 0.6 is 0 Å². The smallest absolute Gasteiger partial charge is 0.324 e. The van der Waals surface area contributed by atoms with Crippen LogP contribution in [0.3, 0.4) is 0 Å². The lowest BCUT2D eigenvalue weighted by Gasteiger charge is -2.08. The number of rotatable bonds is 7. The molecule has 2 rings (SSSR count). The molecule has 7 nitrogen and oxygen atoms in total. The van der Waals surface area contributed by atoms with E-state index in [0.29, 0.717) is 12.5 Å². The van der Waals surface area contributed by atoms with Gasteiger partial charge in [0.1, 0.15) is 5.75 Å².